The lowest BCUT2D eigenvalue weighted by molar-refractivity contribution is -0.156. The Labute approximate surface area is 147 Å². The van der Waals surface area contributed by atoms with Crippen molar-refractivity contribution >= 4 is 23.8 Å². The number of imide groups is 1. The first kappa shape index (κ1) is 20.9. The van der Waals surface area contributed by atoms with Crippen molar-refractivity contribution in [2.75, 3.05) is 0 Å². The summed E-state index contributed by atoms with van der Waals surface area (Å²) < 4.78 is 0. The molecule has 7 nitrogen and oxygen atoms in total. The summed E-state index contributed by atoms with van der Waals surface area (Å²) in [6.07, 6.45) is 3.75. The number of carbonyl (C=O) groups excluding carboxylic acids is 2. The normalized spacial score (nSPS) is 17.2. The van der Waals surface area contributed by atoms with Gasteiger partial charge in [0.1, 0.15) is 6.04 Å². The molecule has 1 aliphatic heterocycles. The van der Waals surface area contributed by atoms with Gasteiger partial charge in [-0.25, -0.2) is 4.79 Å². The molecule has 0 aromatic rings. The minimum absolute atomic E-state index is 0.0662. The molecule has 1 aliphatic rings. The summed E-state index contributed by atoms with van der Waals surface area (Å²) in [5.74, 6) is -4.30. The largest absolute Gasteiger partial charge is 0.481 e. The van der Waals surface area contributed by atoms with Crippen LogP contribution in [0.2, 0.25) is 0 Å². The van der Waals surface area contributed by atoms with Crippen LogP contribution >= 0.6 is 0 Å². The molecular formula is C18H27NO6. The average Bonchev–Trinajstić information content (AvgIpc) is 2.76. The Balaban J connectivity index is 3.14. The zero-order valence-corrected chi connectivity index (χ0v) is 15.1. The van der Waals surface area contributed by atoms with E-state index in [1.165, 1.54) is 0 Å². The van der Waals surface area contributed by atoms with Gasteiger partial charge in [-0.1, -0.05) is 46.5 Å². The number of hydrogen-bond donors (Lipinski definition) is 2. The van der Waals surface area contributed by atoms with Crippen molar-refractivity contribution in [3.05, 3.63) is 11.1 Å². The van der Waals surface area contributed by atoms with E-state index >= 15 is 0 Å². The molecule has 2 amide bonds. The van der Waals surface area contributed by atoms with E-state index in [0.29, 0.717) is 19.3 Å². The number of unbranched alkanes of at least 4 members (excludes halogenated alkanes) is 3. The maximum atomic E-state index is 12.7. The number of aliphatic carboxylic acids is 2. The molecule has 0 bridgehead atoms. The van der Waals surface area contributed by atoms with E-state index in [1.807, 2.05) is 6.92 Å². The van der Waals surface area contributed by atoms with Gasteiger partial charge in [0.25, 0.3) is 11.8 Å². The Hall–Kier alpha value is -2.18. The van der Waals surface area contributed by atoms with E-state index in [-0.39, 0.29) is 11.1 Å². The summed E-state index contributed by atoms with van der Waals surface area (Å²) in [7, 11) is 0. The second-order valence-electron chi connectivity index (χ2n) is 6.49. The number of rotatable bonds is 11. The molecule has 0 radical (unpaired) electrons. The van der Waals surface area contributed by atoms with Crippen LogP contribution in [0.1, 0.15) is 65.7 Å². The molecule has 0 aromatic heterocycles. The first-order valence-electron chi connectivity index (χ1n) is 8.80. The fourth-order valence-corrected chi connectivity index (χ4v) is 3.05. The first-order valence-corrected chi connectivity index (χ1v) is 8.80. The van der Waals surface area contributed by atoms with Crippen LogP contribution in [0, 0.1) is 5.92 Å². The van der Waals surface area contributed by atoms with Crippen LogP contribution in [0.4, 0.5) is 0 Å². The van der Waals surface area contributed by atoms with Gasteiger partial charge in [-0.2, -0.15) is 0 Å². The van der Waals surface area contributed by atoms with Crippen molar-refractivity contribution in [3.63, 3.8) is 0 Å². The van der Waals surface area contributed by atoms with Crippen molar-refractivity contribution in [3.8, 4) is 0 Å². The van der Waals surface area contributed by atoms with E-state index in [1.54, 1.807) is 13.8 Å². The maximum absolute atomic E-state index is 12.7. The van der Waals surface area contributed by atoms with Gasteiger partial charge < -0.3 is 10.2 Å². The van der Waals surface area contributed by atoms with Crippen molar-refractivity contribution < 1.29 is 29.4 Å². The molecule has 0 spiro atoms. The number of carbonyl (C=O) groups is 4. The molecule has 0 saturated carbocycles. The molecular weight excluding hydrogens is 326 g/mol. The number of carboxylic acid groups (broad SMARTS) is 2. The van der Waals surface area contributed by atoms with Gasteiger partial charge in [0.2, 0.25) is 0 Å². The molecule has 25 heavy (non-hydrogen) atoms. The van der Waals surface area contributed by atoms with Crippen LogP contribution in [0.5, 0.6) is 0 Å². The van der Waals surface area contributed by atoms with Crippen molar-refractivity contribution in [1.82, 2.24) is 4.90 Å². The van der Waals surface area contributed by atoms with Crippen LogP contribution < -0.4 is 0 Å². The molecule has 1 rings (SSSR count). The van der Waals surface area contributed by atoms with Crippen molar-refractivity contribution in [1.29, 1.82) is 0 Å². The summed E-state index contributed by atoms with van der Waals surface area (Å²) >= 11 is 0. The van der Waals surface area contributed by atoms with Crippen molar-refractivity contribution in [2.45, 2.75) is 71.8 Å². The van der Waals surface area contributed by atoms with Gasteiger partial charge in [0, 0.05) is 11.1 Å². The number of carboxylic acids is 2. The molecule has 0 fully saturated rings. The quantitative estimate of drug-likeness (QED) is 0.436. The minimum Gasteiger partial charge on any atom is -0.481 e. The van der Waals surface area contributed by atoms with E-state index in [0.717, 1.165) is 24.2 Å². The van der Waals surface area contributed by atoms with E-state index in [4.69, 9.17) is 5.11 Å². The van der Waals surface area contributed by atoms with Gasteiger partial charge in [0.15, 0.2) is 0 Å². The zero-order chi connectivity index (χ0) is 19.1. The van der Waals surface area contributed by atoms with Crippen LogP contribution in [-0.2, 0) is 19.2 Å². The van der Waals surface area contributed by atoms with Crippen LogP contribution in [0.25, 0.3) is 0 Å². The molecule has 2 unspecified atom stereocenters. The molecule has 7 heteroatoms. The second kappa shape index (κ2) is 9.34. The number of nitrogens with zero attached hydrogens (tertiary/aromatic N) is 1. The lowest BCUT2D eigenvalue weighted by atomic mass is 9.97. The molecule has 0 aromatic carbocycles. The smallest absolute Gasteiger partial charge is 0.327 e. The summed E-state index contributed by atoms with van der Waals surface area (Å²) in [5, 5.41) is 18.6. The molecule has 140 valence electrons. The third kappa shape index (κ3) is 4.90. The van der Waals surface area contributed by atoms with E-state index in [9.17, 15) is 24.3 Å². The molecule has 2 atom stereocenters. The lowest BCUT2D eigenvalue weighted by Crippen LogP contribution is -2.49. The summed E-state index contributed by atoms with van der Waals surface area (Å²) in [6.45, 7) is 5.49. The highest BCUT2D eigenvalue weighted by Crippen LogP contribution is 2.31. The monoisotopic (exact) mass is 353 g/mol. The molecule has 0 aliphatic carbocycles. The van der Waals surface area contributed by atoms with Crippen molar-refractivity contribution in [2.24, 2.45) is 5.92 Å². The minimum atomic E-state index is -1.28. The van der Waals surface area contributed by atoms with Gasteiger partial charge in [-0.05, 0) is 18.8 Å². The third-order valence-electron chi connectivity index (χ3n) is 4.64. The van der Waals surface area contributed by atoms with Crippen LogP contribution in [0.3, 0.4) is 0 Å². The van der Waals surface area contributed by atoms with E-state index < -0.39 is 42.1 Å². The van der Waals surface area contributed by atoms with Gasteiger partial charge in [-0.3, -0.25) is 19.3 Å². The van der Waals surface area contributed by atoms with Gasteiger partial charge in [0.05, 0.1) is 6.42 Å². The van der Waals surface area contributed by atoms with E-state index in [2.05, 4.69) is 0 Å². The highest BCUT2D eigenvalue weighted by Gasteiger charge is 2.46. The average molecular weight is 353 g/mol. The Morgan fingerprint density at radius 3 is 2.08 bits per heavy atom. The van der Waals surface area contributed by atoms with Crippen LogP contribution in [-0.4, -0.2) is 44.9 Å². The summed E-state index contributed by atoms with van der Waals surface area (Å²) in [5.41, 5.74) is 0.0987. The summed E-state index contributed by atoms with van der Waals surface area (Å²) in [4.78, 5) is 48.8. The van der Waals surface area contributed by atoms with Gasteiger partial charge >= 0.3 is 11.9 Å². The number of amides is 2. The highest BCUT2D eigenvalue weighted by atomic mass is 16.4. The Bertz CT molecular complexity index is 580. The van der Waals surface area contributed by atoms with Crippen LogP contribution in [0.15, 0.2) is 11.1 Å². The zero-order valence-electron chi connectivity index (χ0n) is 15.1. The fourth-order valence-electron chi connectivity index (χ4n) is 3.05. The van der Waals surface area contributed by atoms with Gasteiger partial charge in [-0.15, -0.1) is 0 Å². The molecule has 1 heterocycles. The SMILES string of the molecule is CCCCCCC1=C(CC(=O)O)C(=O)N(C(C(=O)O)C(C)CC)C1=O. The Morgan fingerprint density at radius 2 is 1.60 bits per heavy atom. The fraction of sp³-hybridized carbons (Fsp3) is 0.667. The Kier molecular flexibility index (Phi) is 7.80. The predicted molar refractivity (Wildman–Crippen MR) is 90.8 cm³/mol. The standard InChI is InChI=1S/C18H27NO6/c1-4-6-7-8-9-12-13(10-14(20)21)17(23)19(16(12)22)15(18(24)25)11(3)5-2/h11,15H,4-10H2,1-3H3,(H,20,21)(H,24,25). The second-order valence-corrected chi connectivity index (χ2v) is 6.49. The molecule has 0 saturated heterocycles. The molecule has 2 N–H and O–H groups in total. The predicted octanol–water partition coefficient (Wildman–Crippen LogP) is 2.60. The summed E-state index contributed by atoms with van der Waals surface area (Å²) in [6, 6.07) is -1.28. The lowest BCUT2D eigenvalue weighted by Gasteiger charge is -2.27. The third-order valence-corrected chi connectivity index (χ3v) is 4.64. The topological polar surface area (TPSA) is 112 Å². The first-order chi connectivity index (χ1) is 11.8. The maximum Gasteiger partial charge on any atom is 0.327 e. The number of hydrogen-bond acceptors (Lipinski definition) is 4. The highest BCUT2D eigenvalue weighted by molar-refractivity contribution is 6.21. The Morgan fingerprint density at radius 1 is 1.00 bits per heavy atom.